The summed E-state index contributed by atoms with van der Waals surface area (Å²) in [5.74, 6) is 1.98. The monoisotopic (exact) mass is 467 g/mol. The highest BCUT2D eigenvalue weighted by molar-refractivity contribution is 5.66. The molecule has 6 aliphatic rings. The number of rotatable bonds is 3. The van der Waals surface area contributed by atoms with Crippen molar-refractivity contribution in [3.63, 3.8) is 0 Å². The zero-order valence-electron chi connectivity index (χ0n) is 18.3. The van der Waals surface area contributed by atoms with E-state index in [0.29, 0.717) is 23.3 Å². The van der Waals surface area contributed by atoms with Crippen LogP contribution < -0.4 is 5.73 Å². The maximum atomic E-state index is 12.7. The van der Waals surface area contributed by atoms with Gasteiger partial charge in [-0.1, -0.05) is 0 Å². The van der Waals surface area contributed by atoms with Gasteiger partial charge in [0.15, 0.2) is 17.5 Å². The second-order valence-electron chi connectivity index (χ2n) is 10.8. The Bertz CT molecular complexity index is 1220. The topological polar surface area (TPSA) is 165 Å². The van der Waals surface area contributed by atoms with Crippen LogP contribution in [-0.2, 0) is 19.8 Å². The Kier molecular flexibility index (Phi) is 3.84. The van der Waals surface area contributed by atoms with E-state index >= 15 is 0 Å². The number of nitrogens with two attached hydrogens (primary N) is 1. The average Bonchev–Trinajstić information content (AvgIpc) is 3.08. The van der Waals surface area contributed by atoms with E-state index in [0.717, 1.165) is 19.3 Å². The summed E-state index contributed by atoms with van der Waals surface area (Å²) < 4.78 is 18.5. The molecule has 4 N–H and O–H groups in total. The van der Waals surface area contributed by atoms with Gasteiger partial charge in [-0.15, -0.1) is 0 Å². The molecule has 2 aromatic heterocycles. The normalized spacial score (nSPS) is 45.7. The molecule has 1 saturated heterocycles. The summed E-state index contributed by atoms with van der Waals surface area (Å²) in [5, 5.41) is 36.3. The van der Waals surface area contributed by atoms with Crippen LogP contribution in [-0.4, -0.2) is 60.5 Å². The van der Waals surface area contributed by atoms with Gasteiger partial charge in [-0.25, -0.2) is 14.3 Å². The van der Waals surface area contributed by atoms with Gasteiger partial charge in [-0.3, -0.25) is 0 Å². The number of carbonyl (C=O) groups is 1. The molecule has 6 fully saturated rings. The predicted octanol–water partition coefficient (Wildman–Crippen LogP) is 1.03. The van der Waals surface area contributed by atoms with E-state index < -0.39 is 41.3 Å². The van der Waals surface area contributed by atoms with Gasteiger partial charge in [0.2, 0.25) is 5.60 Å². The van der Waals surface area contributed by atoms with Crippen LogP contribution in [0.4, 0.5) is 10.6 Å². The first-order valence-electron chi connectivity index (χ1n) is 11.8. The highest BCUT2D eigenvalue weighted by Gasteiger charge is 2.84. The molecule has 0 amide bonds. The van der Waals surface area contributed by atoms with Crippen LogP contribution in [0.3, 0.4) is 0 Å². The van der Waals surface area contributed by atoms with Crippen LogP contribution >= 0.6 is 0 Å². The number of ether oxygens (including phenoxy) is 3. The van der Waals surface area contributed by atoms with Crippen molar-refractivity contribution in [1.29, 1.82) is 5.26 Å². The smallest absolute Gasteiger partial charge is 0.428 e. The molecule has 34 heavy (non-hydrogen) atoms. The fourth-order valence-electron chi connectivity index (χ4n) is 7.59. The maximum Gasteiger partial charge on any atom is 0.509 e. The molecule has 0 aromatic carbocycles. The van der Waals surface area contributed by atoms with Gasteiger partial charge in [-0.2, -0.15) is 10.4 Å². The molecule has 2 aromatic rings. The lowest BCUT2D eigenvalue weighted by molar-refractivity contribution is -0.155. The number of fused-ring (bicyclic) bond motifs is 2. The number of nitrogen functional groups attached to an aromatic ring is 1. The number of carbonyl (C=O) groups excluding carboxylic acids is 1. The molecule has 3 heterocycles. The lowest BCUT2D eigenvalue weighted by Gasteiger charge is -2.55. The van der Waals surface area contributed by atoms with Crippen molar-refractivity contribution in [3.05, 3.63) is 24.2 Å². The molecule has 11 heteroatoms. The van der Waals surface area contributed by atoms with Crippen LogP contribution in [0.2, 0.25) is 0 Å². The van der Waals surface area contributed by atoms with Gasteiger partial charge in [-0.05, 0) is 68.4 Å². The lowest BCUT2D eigenvalue weighted by Crippen LogP contribution is -2.53. The SMILES string of the molecule is N#C[C@@]1(c2ccc3c(N)ncnn23)O[C@@H]2C(OC(=O)OC34CC5CC(CC(C5)C3)C4)[C@]2(O)[C@H]1O. The molecule has 4 bridgehead atoms. The quantitative estimate of drug-likeness (QED) is 0.555. The van der Waals surface area contributed by atoms with E-state index in [1.165, 1.54) is 36.2 Å². The van der Waals surface area contributed by atoms with Gasteiger partial charge in [0.05, 0.1) is 5.69 Å². The van der Waals surface area contributed by atoms with Crippen LogP contribution in [0.15, 0.2) is 18.5 Å². The molecule has 178 valence electrons. The number of nitriles is 1. The number of anilines is 1. The molecule has 0 radical (unpaired) electrons. The number of hydrogen-bond acceptors (Lipinski definition) is 10. The minimum Gasteiger partial charge on any atom is -0.428 e. The highest BCUT2D eigenvalue weighted by Crippen LogP contribution is 2.60. The van der Waals surface area contributed by atoms with E-state index in [1.54, 1.807) is 6.07 Å². The van der Waals surface area contributed by atoms with Crippen molar-refractivity contribution < 1.29 is 29.2 Å². The second kappa shape index (κ2) is 6.38. The first-order valence-corrected chi connectivity index (χ1v) is 11.8. The summed E-state index contributed by atoms with van der Waals surface area (Å²) >= 11 is 0. The maximum absolute atomic E-state index is 12.7. The third-order valence-electron chi connectivity index (χ3n) is 8.75. The average molecular weight is 467 g/mol. The zero-order chi connectivity index (χ0) is 23.5. The van der Waals surface area contributed by atoms with Gasteiger partial charge < -0.3 is 30.2 Å². The minimum atomic E-state index is -1.93. The first kappa shape index (κ1) is 20.4. The standard InChI is InChI=1S/C23H25N5O6/c24-9-22(15-2-1-14-18(25)26-10-27-28(14)15)19(29)23(31)16(17(23)33-22)32-20(30)34-21-6-11-3-12(7-21)5-13(4-11)8-21/h1-2,10-13,16-17,19,29,31H,3-8H2,(H2,25,26,27)/t11?,12?,13?,16?,17-,19+,21?,22+,23-/m1/s1. The Labute approximate surface area is 194 Å². The Morgan fingerprint density at radius 2 is 1.91 bits per heavy atom. The largest absolute Gasteiger partial charge is 0.509 e. The molecule has 5 aliphatic carbocycles. The Hall–Kier alpha value is -2.94. The fourth-order valence-corrected chi connectivity index (χ4v) is 7.59. The summed E-state index contributed by atoms with van der Waals surface area (Å²) in [4.78, 5) is 16.6. The number of nitrogens with zero attached hydrogens (tertiary/aromatic N) is 4. The molecular weight excluding hydrogens is 442 g/mol. The molecule has 11 nitrogen and oxygen atoms in total. The van der Waals surface area contributed by atoms with E-state index in [1.807, 2.05) is 6.07 Å². The van der Waals surface area contributed by atoms with E-state index in [4.69, 9.17) is 19.9 Å². The molecule has 1 unspecified atom stereocenters. The third kappa shape index (κ3) is 2.48. The van der Waals surface area contributed by atoms with Crippen molar-refractivity contribution >= 4 is 17.5 Å². The van der Waals surface area contributed by atoms with E-state index in [2.05, 4.69) is 10.1 Å². The number of aliphatic hydroxyl groups is 2. The molecule has 5 atom stereocenters. The van der Waals surface area contributed by atoms with Gasteiger partial charge in [0.25, 0.3) is 0 Å². The number of aliphatic hydroxyl groups excluding tert-OH is 1. The van der Waals surface area contributed by atoms with Gasteiger partial charge in [0.1, 0.15) is 35.7 Å². The third-order valence-corrected chi connectivity index (χ3v) is 8.75. The Morgan fingerprint density at radius 3 is 2.50 bits per heavy atom. The van der Waals surface area contributed by atoms with Crippen LogP contribution in [0.5, 0.6) is 0 Å². The molecule has 5 saturated carbocycles. The number of hydrogen-bond donors (Lipinski definition) is 3. The summed E-state index contributed by atoms with van der Waals surface area (Å²) in [6, 6.07) is 5.12. The van der Waals surface area contributed by atoms with Crippen molar-refractivity contribution in [3.8, 4) is 6.07 Å². The van der Waals surface area contributed by atoms with Crippen molar-refractivity contribution in [2.24, 2.45) is 17.8 Å². The lowest BCUT2D eigenvalue weighted by atomic mass is 9.54. The second-order valence-corrected chi connectivity index (χ2v) is 10.8. The summed E-state index contributed by atoms with van der Waals surface area (Å²) in [5.41, 5.74) is 2.16. The van der Waals surface area contributed by atoms with Crippen LogP contribution in [0, 0.1) is 29.1 Å². The van der Waals surface area contributed by atoms with E-state index in [9.17, 15) is 20.3 Å². The van der Waals surface area contributed by atoms with E-state index in [-0.39, 0.29) is 11.5 Å². The molecule has 0 spiro atoms. The minimum absolute atomic E-state index is 0.194. The van der Waals surface area contributed by atoms with Crippen molar-refractivity contribution in [2.45, 2.75) is 73.6 Å². The van der Waals surface area contributed by atoms with Gasteiger partial charge >= 0.3 is 6.16 Å². The fraction of sp³-hybridized carbons (Fsp3) is 0.652. The first-order chi connectivity index (χ1) is 16.3. The predicted molar refractivity (Wildman–Crippen MR) is 113 cm³/mol. The summed E-state index contributed by atoms with van der Waals surface area (Å²) in [6.45, 7) is 0. The Balaban J connectivity index is 1.10. The zero-order valence-corrected chi connectivity index (χ0v) is 18.3. The molecule has 8 rings (SSSR count). The summed E-state index contributed by atoms with van der Waals surface area (Å²) in [7, 11) is 0. The molecule has 1 aliphatic heterocycles. The highest BCUT2D eigenvalue weighted by atomic mass is 16.8. The Morgan fingerprint density at radius 1 is 1.24 bits per heavy atom. The van der Waals surface area contributed by atoms with Crippen molar-refractivity contribution in [2.75, 3.05) is 5.73 Å². The van der Waals surface area contributed by atoms with Crippen LogP contribution in [0.1, 0.15) is 44.2 Å². The van der Waals surface area contributed by atoms with Crippen LogP contribution in [0.25, 0.3) is 5.52 Å². The molecular formula is C23H25N5O6. The number of aromatic nitrogens is 3. The summed E-state index contributed by atoms with van der Waals surface area (Å²) in [6.07, 6.45) is 2.67. The van der Waals surface area contributed by atoms with Gasteiger partial charge in [0, 0.05) is 0 Å². The van der Waals surface area contributed by atoms with Crippen molar-refractivity contribution in [1.82, 2.24) is 14.6 Å².